The third-order valence-electron chi connectivity index (χ3n) is 5.22. The number of aryl methyl sites for hydroxylation is 1. The molecule has 3 aromatic rings. The van der Waals surface area contributed by atoms with Crippen molar-refractivity contribution in [2.45, 2.75) is 23.2 Å². The van der Waals surface area contributed by atoms with E-state index < -0.39 is 27.8 Å². The summed E-state index contributed by atoms with van der Waals surface area (Å²) in [5, 5.41) is 3.00. The van der Waals surface area contributed by atoms with E-state index in [2.05, 4.69) is 15.3 Å². The Morgan fingerprint density at radius 3 is 2.52 bits per heavy atom. The van der Waals surface area contributed by atoms with Crippen LogP contribution >= 0.6 is 0 Å². The molecule has 0 aliphatic carbocycles. The molecular formula is C20H20F3N5O2S. The first kappa shape index (κ1) is 21.3. The molecule has 1 fully saturated rings. The summed E-state index contributed by atoms with van der Waals surface area (Å²) < 4.78 is 68.2. The van der Waals surface area contributed by atoms with Crippen molar-refractivity contribution >= 4 is 15.7 Å². The van der Waals surface area contributed by atoms with Gasteiger partial charge in [0.1, 0.15) is 0 Å². The second-order valence-corrected chi connectivity index (χ2v) is 9.31. The number of rotatable bonds is 5. The summed E-state index contributed by atoms with van der Waals surface area (Å²) in [6, 6.07) is 9.81. The zero-order valence-electron chi connectivity index (χ0n) is 16.5. The summed E-state index contributed by atoms with van der Waals surface area (Å²) >= 11 is 0. The second-order valence-electron chi connectivity index (χ2n) is 7.43. The molecule has 11 heteroatoms. The van der Waals surface area contributed by atoms with Crippen molar-refractivity contribution in [2.24, 2.45) is 7.05 Å². The smallest absolute Gasteiger partial charge is 0.379 e. The number of nitrogens with zero attached hydrogens (tertiary/aromatic N) is 4. The first-order valence-electron chi connectivity index (χ1n) is 9.46. The van der Waals surface area contributed by atoms with Gasteiger partial charge in [-0.1, -0.05) is 30.3 Å². The zero-order chi connectivity index (χ0) is 22.2. The van der Waals surface area contributed by atoms with Crippen molar-refractivity contribution in [2.75, 3.05) is 18.4 Å². The van der Waals surface area contributed by atoms with E-state index in [1.54, 1.807) is 11.6 Å². The molecule has 2 atom stereocenters. The first-order chi connectivity index (χ1) is 14.6. The maximum Gasteiger partial charge on any atom is 0.417 e. The average Bonchev–Trinajstić information content (AvgIpc) is 3.36. The highest BCUT2D eigenvalue weighted by atomic mass is 32.2. The van der Waals surface area contributed by atoms with Crippen molar-refractivity contribution < 1.29 is 21.6 Å². The molecule has 0 spiro atoms. The summed E-state index contributed by atoms with van der Waals surface area (Å²) in [5.74, 6) is -0.269. The van der Waals surface area contributed by atoms with E-state index in [1.807, 2.05) is 30.3 Å². The lowest BCUT2D eigenvalue weighted by atomic mass is 9.94. The van der Waals surface area contributed by atoms with Crippen molar-refractivity contribution in [3.05, 3.63) is 72.4 Å². The molecule has 1 saturated heterocycles. The predicted octanol–water partition coefficient (Wildman–Crippen LogP) is 3.10. The van der Waals surface area contributed by atoms with E-state index in [4.69, 9.17) is 0 Å². The Morgan fingerprint density at radius 2 is 1.87 bits per heavy atom. The van der Waals surface area contributed by atoms with E-state index in [9.17, 15) is 21.6 Å². The van der Waals surface area contributed by atoms with Gasteiger partial charge in [-0.05, 0) is 11.6 Å². The van der Waals surface area contributed by atoms with E-state index in [0.29, 0.717) is 0 Å². The van der Waals surface area contributed by atoms with Crippen LogP contribution in [0, 0.1) is 0 Å². The Morgan fingerprint density at radius 1 is 1.13 bits per heavy atom. The van der Waals surface area contributed by atoms with Crippen LogP contribution in [0.4, 0.5) is 18.9 Å². The van der Waals surface area contributed by atoms with Crippen molar-refractivity contribution in [1.82, 2.24) is 18.8 Å². The molecular weight excluding hydrogens is 431 g/mol. The number of sulfonamides is 1. The standard InChI is InChI=1S/C20H20F3N5O2S/c1-27-12-19(25-13-27)31(29,30)28-10-17(14-5-3-2-4-6-14)18(11-28)26-16-7-15(8-24-9-16)20(21,22)23/h2-9,12-13,17-18,26H,10-11H2,1H3/t17-,18+/m1/s1. The van der Waals surface area contributed by atoms with Gasteiger partial charge in [-0.2, -0.15) is 17.5 Å². The van der Waals surface area contributed by atoms with Crippen LogP contribution < -0.4 is 5.32 Å². The minimum atomic E-state index is -4.52. The van der Waals surface area contributed by atoms with E-state index in [-0.39, 0.29) is 29.7 Å². The molecule has 31 heavy (non-hydrogen) atoms. The quantitative estimate of drug-likeness (QED) is 0.645. The molecule has 0 amide bonds. The van der Waals surface area contributed by atoms with E-state index in [1.165, 1.54) is 23.0 Å². The molecule has 1 aliphatic rings. The van der Waals surface area contributed by atoms with Gasteiger partial charge in [0.2, 0.25) is 0 Å². The van der Waals surface area contributed by atoms with E-state index in [0.717, 1.165) is 17.8 Å². The maximum absolute atomic E-state index is 13.1. The number of pyridine rings is 1. The summed E-state index contributed by atoms with van der Waals surface area (Å²) in [4.78, 5) is 7.64. The predicted molar refractivity (Wildman–Crippen MR) is 108 cm³/mol. The molecule has 4 rings (SSSR count). The van der Waals surface area contributed by atoms with E-state index >= 15 is 0 Å². The molecule has 7 nitrogen and oxygen atoms in total. The van der Waals surface area contributed by atoms with Gasteiger partial charge >= 0.3 is 6.18 Å². The summed E-state index contributed by atoms with van der Waals surface area (Å²) in [6.45, 7) is 0.252. The van der Waals surface area contributed by atoms with Crippen LogP contribution in [-0.4, -0.2) is 46.4 Å². The fourth-order valence-electron chi connectivity index (χ4n) is 3.69. The molecule has 3 heterocycles. The third kappa shape index (κ3) is 4.42. The van der Waals surface area contributed by atoms with Crippen LogP contribution in [0.25, 0.3) is 0 Å². The molecule has 2 aromatic heterocycles. The summed E-state index contributed by atoms with van der Waals surface area (Å²) in [5.41, 5.74) is 0.196. The van der Waals surface area contributed by atoms with Crippen molar-refractivity contribution in [3.63, 3.8) is 0 Å². The molecule has 1 aromatic carbocycles. The van der Waals surface area contributed by atoms with Gasteiger partial charge in [0.25, 0.3) is 10.0 Å². The minimum Gasteiger partial charge on any atom is -0.379 e. The molecule has 0 radical (unpaired) electrons. The number of hydrogen-bond acceptors (Lipinski definition) is 5. The maximum atomic E-state index is 13.1. The Hall–Kier alpha value is -2.92. The van der Waals surface area contributed by atoms with Crippen LogP contribution in [0.3, 0.4) is 0 Å². The summed E-state index contributed by atoms with van der Waals surface area (Å²) in [7, 11) is -2.18. The van der Waals surface area contributed by atoms with Crippen LogP contribution in [0.2, 0.25) is 0 Å². The van der Waals surface area contributed by atoms with Gasteiger partial charge in [-0.15, -0.1) is 0 Å². The van der Waals surface area contributed by atoms with Gasteiger partial charge < -0.3 is 9.88 Å². The number of alkyl halides is 3. The highest BCUT2D eigenvalue weighted by molar-refractivity contribution is 7.89. The number of benzene rings is 1. The normalized spacial score (nSPS) is 20.1. The van der Waals surface area contributed by atoms with Crippen LogP contribution in [0.15, 0.2) is 66.3 Å². The van der Waals surface area contributed by atoms with Crippen LogP contribution in [0.5, 0.6) is 0 Å². The van der Waals surface area contributed by atoms with Crippen LogP contribution in [0.1, 0.15) is 17.0 Å². The van der Waals surface area contributed by atoms with Gasteiger partial charge in [0.15, 0.2) is 5.03 Å². The number of anilines is 1. The number of halogens is 3. The number of imidazole rings is 1. The van der Waals surface area contributed by atoms with Gasteiger partial charge in [0, 0.05) is 50.7 Å². The van der Waals surface area contributed by atoms with Gasteiger partial charge in [-0.3, -0.25) is 4.98 Å². The number of hydrogen-bond donors (Lipinski definition) is 1. The Labute approximate surface area is 177 Å². The minimum absolute atomic E-state index is 0.0665. The lowest BCUT2D eigenvalue weighted by molar-refractivity contribution is -0.137. The third-order valence-corrected chi connectivity index (χ3v) is 6.93. The molecule has 0 unspecified atom stereocenters. The Balaban J connectivity index is 1.65. The second kappa shape index (κ2) is 7.97. The fraction of sp³-hybridized carbons (Fsp3) is 0.300. The zero-order valence-corrected chi connectivity index (χ0v) is 17.3. The molecule has 0 bridgehead atoms. The Bertz CT molecular complexity index is 1160. The highest BCUT2D eigenvalue weighted by Gasteiger charge is 2.41. The highest BCUT2D eigenvalue weighted by Crippen LogP contribution is 2.34. The first-order valence-corrected chi connectivity index (χ1v) is 10.9. The molecule has 1 aliphatic heterocycles. The number of aromatic nitrogens is 3. The molecule has 0 saturated carbocycles. The van der Waals surface area contributed by atoms with Crippen molar-refractivity contribution in [3.8, 4) is 0 Å². The van der Waals surface area contributed by atoms with Crippen molar-refractivity contribution in [1.29, 1.82) is 0 Å². The number of nitrogens with one attached hydrogen (secondary N) is 1. The fourth-order valence-corrected chi connectivity index (χ4v) is 5.15. The van der Waals surface area contributed by atoms with Gasteiger partial charge in [0.05, 0.1) is 17.6 Å². The van der Waals surface area contributed by atoms with Gasteiger partial charge in [-0.25, -0.2) is 13.4 Å². The molecule has 1 N–H and O–H groups in total. The monoisotopic (exact) mass is 451 g/mol. The summed E-state index contributed by atoms with van der Waals surface area (Å²) in [6.07, 6.45) is 0.360. The Kier molecular flexibility index (Phi) is 5.48. The molecule has 164 valence electrons. The largest absolute Gasteiger partial charge is 0.417 e. The average molecular weight is 451 g/mol. The van der Waals surface area contributed by atoms with Crippen LogP contribution in [-0.2, 0) is 23.2 Å². The SMILES string of the molecule is Cn1cnc(S(=O)(=O)N2C[C@H](Nc3cncc(C(F)(F)F)c3)[C@@H](c3ccccc3)C2)c1. The topological polar surface area (TPSA) is 80.1 Å². The lowest BCUT2D eigenvalue weighted by Gasteiger charge is -2.21. The lowest BCUT2D eigenvalue weighted by Crippen LogP contribution is -2.32.